The topological polar surface area (TPSA) is 79.8 Å². The average Bonchev–Trinajstić information content (AvgIpc) is 2.71. The Morgan fingerprint density at radius 1 is 1.04 bits per heavy atom. The van der Waals surface area contributed by atoms with Crippen LogP contribution in [0.5, 0.6) is 0 Å². The van der Waals surface area contributed by atoms with Crippen LogP contribution in [0.2, 0.25) is 0 Å². The fraction of sp³-hybridized carbons (Fsp3) is 0.238. The molecule has 2 heterocycles. The van der Waals surface area contributed by atoms with Gasteiger partial charge >= 0.3 is 0 Å². The van der Waals surface area contributed by atoms with Gasteiger partial charge in [-0.15, -0.1) is 0 Å². The fourth-order valence-electron chi connectivity index (χ4n) is 2.68. The lowest BCUT2D eigenvalue weighted by Gasteiger charge is -2.09. The summed E-state index contributed by atoms with van der Waals surface area (Å²) in [6.45, 7) is 3.01. The Morgan fingerprint density at radius 2 is 1.85 bits per heavy atom. The first kappa shape index (κ1) is 18.5. The van der Waals surface area contributed by atoms with Crippen molar-refractivity contribution in [3.8, 4) is 0 Å². The molecule has 0 saturated heterocycles. The third-order valence-electron chi connectivity index (χ3n) is 4.03. The number of hydrogen-bond donors (Lipinski definition) is 2. The third kappa shape index (κ3) is 5.88. The predicted molar refractivity (Wildman–Crippen MR) is 105 cm³/mol. The monoisotopic (exact) mass is 361 g/mol. The molecule has 0 unspecified atom stereocenters. The smallest absolute Gasteiger partial charge is 0.270 e. The number of pyridine rings is 1. The van der Waals surface area contributed by atoms with Gasteiger partial charge in [0.05, 0.1) is 0 Å². The van der Waals surface area contributed by atoms with Crippen LogP contribution in [0.25, 0.3) is 0 Å². The molecule has 138 valence electrons. The molecule has 1 amide bonds. The molecule has 27 heavy (non-hydrogen) atoms. The molecule has 2 N–H and O–H groups in total. The van der Waals surface area contributed by atoms with Gasteiger partial charge in [-0.1, -0.05) is 36.4 Å². The average molecular weight is 361 g/mol. The predicted octanol–water partition coefficient (Wildman–Crippen LogP) is 3.15. The zero-order valence-electron chi connectivity index (χ0n) is 15.4. The maximum atomic E-state index is 12.4. The highest BCUT2D eigenvalue weighted by Gasteiger charge is 2.10. The van der Waals surface area contributed by atoms with Gasteiger partial charge in [-0.25, -0.2) is 9.97 Å². The van der Waals surface area contributed by atoms with Crippen molar-refractivity contribution in [1.82, 2.24) is 20.3 Å². The minimum Gasteiger partial charge on any atom is -0.351 e. The van der Waals surface area contributed by atoms with Crippen molar-refractivity contribution in [2.45, 2.75) is 26.3 Å². The molecular weight excluding hydrogens is 338 g/mol. The zero-order chi connectivity index (χ0) is 18.9. The Bertz CT molecular complexity index is 868. The molecule has 3 rings (SSSR count). The maximum absolute atomic E-state index is 12.4. The van der Waals surface area contributed by atoms with Crippen LogP contribution in [0.3, 0.4) is 0 Å². The molecule has 0 atom stereocenters. The Balaban J connectivity index is 1.52. The van der Waals surface area contributed by atoms with E-state index in [9.17, 15) is 4.79 Å². The summed E-state index contributed by atoms with van der Waals surface area (Å²) in [6.07, 6.45) is 5.32. The van der Waals surface area contributed by atoms with E-state index in [1.807, 2.05) is 37.3 Å². The van der Waals surface area contributed by atoms with Crippen LogP contribution >= 0.6 is 0 Å². The highest BCUT2D eigenvalue weighted by Crippen LogP contribution is 2.07. The van der Waals surface area contributed by atoms with Crippen molar-refractivity contribution in [2.75, 3.05) is 11.9 Å². The van der Waals surface area contributed by atoms with Crippen molar-refractivity contribution in [3.05, 3.63) is 83.4 Å². The van der Waals surface area contributed by atoms with E-state index in [0.29, 0.717) is 24.7 Å². The van der Waals surface area contributed by atoms with Gasteiger partial charge in [0.2, 0.25) is 5.95 Å². The number of carbonyl (C=O) groups is 1. The molecule has 2 aromatic heterocycles. The van der Waals surface area contributed by atoms with E-state index >= 15 is 0 Å². The minimum absolute atomic E-state index is 0.182. The minimum atomic E-state index is -0.182. The summed E-state index contributed by atoms with van der Waals surface area (Å²) >= 11 is 0. The Hall–Kier alpha value is -3.28. The summed E-state index contributed by atoms with van der Waals surface area (Å²) in [4.78, 5) is 25.2. The number of carbonyl (C=O) groups excluding carboxylic acids is 1. The molecule has 6 heteroatoms. The van der Waals surface area contributed by atoms with Crippen LogP contribution in [-0.4, -0.2) is 27.4 Å². The van der Waals surface area contributed by atoms with Crippen LogP contribution in [0, 0.1) is 6.92 Å². The summed E-state index contributed by atoms with van der Waals surface area (Å²) in [6, 6.07) is 15.8. The van der Waals surface area contributed by atoms with Crippen molar-refractivity contribution < 1.29 is 4.79 Å². The number of rotatable bonds is 8. The van der Waals surface area contributed by atoms with E-state index in [4.69, 9.17) is 0 Å². The van der Waals surface area contributed by atoms with Gasteiger partial charge in [-0.05, 0) is 43.0 Å². The van der Waals surface area contributed by atoms with Crippen LogP contribution in [0.15, 0.2) is 60.9 Å². The molecule has 0 aliphatic rings. The Morgan fingerprint density at radius 3 is 2.63 bits per heavy atom. The van der Waals surface area contributed by atoms with Crippen LogP contribution in [-0.2, 0) is 13.0 Å². The van der Waals surface area contributed by atoms with Crippen molar-refractivity contribution in [1.29, 1.82) is 0 Å². The van der Waals surface area contributed by atoms with Crippen LogP contribution in [0.4, 0.5) is 5.95 Å². The van der Waals surface area contributed by atoms with E-state index in [-0.39, 0.29) is 5.91 Å². The SMILES string of the molecule is Cc1cc(C(=O)NCCCc2ccccc2)nc(NCc2cccnc2)n1. The molecule has 3 aromatic rings. The molecule has 0 saturated carbocycles. The second-order valence-electron chi connectivity index (χ2n) is 6.28. The van der Waals surface area contributed by atoms with E-state index < -0.39 is 0 Å². The number of hydrogen-bond acceptors (Lipinski definition) is 5. The van der Waals surface area contributed by atoms with Gasteiger partial charge in [0, 0.05) is 31.2 Å². The molecule has 0 aliphatic carbocycles. The lowest BCUT2D eigenvalue weighted by Crippen LogP contribution is -2.26. The first-order valence-corrected chi connectivity index (χ1v) is 9.01. The molecule has 0 bridgehead atoms. The second-order valence-corrected chi connectivity index (χ2v) is 6.28. The Kier molecular flexibility index (Phi) is 6.46. The van der Waals surface area contributed by atoms with E-state index in [1.54, 1.807) is 18.5 Å². The molecule has 1 aromatic carbocycles. The lowest BCUT2D eigenvalue weighted by atomic mass is 10.1. The van der Waals surface area contributed by atoms with E-state index in [1.165, 1.54) is 5.56 Å². The summed E-state index contributed by atoms with van der Waals surface area (Å²) < 4.78 is 0. The first-order valence-electron chi connectivity index (χ1n) is 9.01. The summed E-state index contributed by atoms with van der Waals surface area (Å²) in [7, 11) is 0. The summed E-state index contributed by atoms with van der Waals surface area (Å²) in [5.74, 6) is 0.256. The standard InChI is InChI=1S/C21H23N5O/c1-16-13-19(20(27)23-12-6-9-17-7-3-2-4-8-17)26-21(25-16)24-15-18-10-5-11-22-14-18/h2-5,7-8,10-11,13-14H,6,9,12,15H2,1H3,(H,23,27)(H,24,25,26). The number of benzene rings is 1. The quantitative estimate of drug-likeness (QED) is 0.603. The van der Waals surface area contributed by atoms with Gasteiger partial charge in [0.15, 0.2) is 0 Å². The molecular formula is C21H23N5O. The highest BCUT2D eigenvalue weighted by atomic mass is 16.1. The van der Waals surface area contributed by atoms with Crippen molar-refractivity contribution >= 4 is 11.9 Å². The third-order valence-corrected chi connectivity index (χ3v) is 4.03. The van der Waals surface area contributed by atoms with Gasteiger partial charge in [-0.3, -0.25) is 9.78 Å². The van der Waals surface area contributed by atoms with E-state index in [0.717, 1.165) is 24.1 Å². The maximum Gasteiger partial charge on any atom is 0.270 e. The highest BCUT2D eigenvalue weighted by molar-refractivity contribution is 5.92. The molecule has 0 radical (unpaired) electrons. The zero-order valence-corrected chi connectivity index (χ0v) is 15.4. The molecule has 6 nitrogen and oxygen atoms in total. The molecule has 0 spiro atoms. The number of anilines is 1. The summed E-state index contributed by atoms with van der Waals surface area (Å²) in [5.41, 5.74) is 3.41. The van der Waals surface area contributed by atoms with Gasteiger partial charge in [0.25, 0.3) is 5.91 Å². The number of nitrogens with zero attached hydrogens (tertiary/aromatic N) is 3. The van der Waals surface area contributed by atoms with Gasteiger partial charge in [-0.2, -0.15) is 0 Å². The first-order chi connectivity index (χ1) is 13.2. The second kappa shape index (κ2) is 9.43. The molecule has 0 fully saturated rings. The Labute approximate surface area is 159 Å². The normalized spacial score (nSPS) is 10.4. The molecule has 0 aliphatic heterocycles. The lowest BCUT2D eigenvalue weighted by molar-refractivity contribution is 0.0948. The largest absolute Gasteiger partial charge is 0.351 e. The number of amides is 1. The van der Waals surface area contributed by atoms with E-state index in [2.05, 4.69) is 37.7 Å². The summed E-state index contributed by atoms with van der Waals surface area (Å²) in [5, 5.41) is 6.07. The van der Waals surface area contributed by atoms with Crippen molar-refractivity contribution in [3.63, 3.8) is 0 Å². The number of aromatic nitrogens is 3. The number of nitrogens with one attached hydrogen (secondary N) is 2. The van der Waals surface area contributed by atoms with Crippen molar-refractivity contribution in [2.24, 2.45) is 0 Å². The van der Waals surface area contributed by atoms with Gasteiger partial charge in [0.1, 0.15) is 5.69 Å². The fourth-order valence-corrected chi connectivity index (χ4v) is 2.68. The number of aryl methyl sites for hydroxylation is 2. The van der Waals surface area contributed by atoms with Crippen LogP contribution in [0.1, 0.15) is 33.7 Å². The van der Waals surface area contributed by atoms with Gasteiger partial charge < -0.3 is 10.6 Å². The van der Waals surface area contributed by atoms with Crippen LogP contribution < -0.4 is 10.6 Å².